The fourth-order valence-corrected chi connectivity index (χ4v) is 2.68. The zero-order chi connectivity index (χ0) is 13.9. The summed E-state index contributed by atoms with van der Waals surface area (Å²) < 4.78 is 1.74. The summed E-state index contributed by atoms with van der Waals surface area (Å²) in [7, 11) is 0. The quantitative estimate of drug-likeness (QED) is 0.910. The van der Waals surface area contributed by atoms with E-state index in [1.54, 1.807) is 23.3 Å². The summed E-state index contributed by atoms with van der Waals surface area (Å²) in [6.07, 6.45) is 9.86. The molecular weight excluding hydrogens is 254 g/mol. The zero-order valence-corrected chi connectivity index (χ0v) is 11.6. The van der Waals surface area contributed by atoms with E-state index in [-0.39, 0.29) is 5.95 Å². The van der Waals surface area contributed by atoms with E-state index in [0.717, 1.165) is 13.0 Å². The standard InChI is InChI=1S/C13H19N7/c1-2-10-5-3-4-7-20(10)13-17-11(14)16-12(18-13)19-8-6-15-9-19/h6,8-10H,2-5,7H2,1H3,(H2,14,16,17,18). The number of rotatable bonds is 3. The summed E-state index contributed by atoms with van der Waals surface area (Å²) in [5.74, 6) is 1.44. The van der Waals surface area contributed by atoms with E-state index in [1.165, 1.54) is 19.3 Å². The molecule has 7 heteroatoms. The van der Waals surface area contributed by atoms with E-state index in [2.05, 4.69) is 31.8 Å². The van der Waals surface area contributed by atoms with Gasteiger partial charge in [0.25, 0.3) is 0 Å². The molecule has 0 saturated carbocycles. The number of nitrogens with two attached hydrogens (primary N) is 1. The molecule has 3 rings (SSSR count). The molecule has 2 N–H and O–H groups in total. The number of piperidine rings is 1. The molecule has 7 nitrogen and oxygen atoms in total. The summed E-state index contributed by atoms with van der Waals surface area (Å²) in [4.78, 5) is 19.3. The molecule has 1 saturated heterocycles. The summed E-state index contributed by atoms with van der Waals surface area (Å²) in [6.45, 7) is 3.18. The maximum absolute atomic E-state index is 5.84. The normalized spacial score (nSPS) is 19.2. The molecule has 0 spiro atoms. The molecule has 1 aliphatic rings. The van der Waals surface area contributed by atoms with Gasteiger partial charge in [-0.15, -0.1) is 0 Å². The van der Waals surface area contributed by atoms with Crippen LogP contribution in [0.4, 0.5) is 11.9 Å². The maximum Gasteiger partial charge on any atom is 0.241 e. The minimum atomic E-state index is 0.249. The molecule has 20 heavy (non-hydrogen) atoms. The number of imidazole rings is 1. The molecule has 1 aliphatic heterocycles. The van der Waals surface area contributed by atoms with Crippen LogP contribution in [0.5, 0.6) is 0 Å². The lowest BCUT2D eigenvalue weighted by Crippen LogP contribution is -2.40. The van der Waals surface area contributed by atoms with Gasteiger partial charge in [0.05, 0.1) is 0 Å². The van der Waals surface area contributed by atoms with Crippen LogP contribution in [0.1, 0.15) is 32.6 Å². The fraction of sp³-hybridized carbons (Fsp3) is 0.538. The second-order valence-corrected chi connectivity index (χ2v) is 5.01. The number of hydrogen-bond acceptors (Lipinski definition) is 6. The Morgan fingerprint density at radius 1 is 1.25 bits per heavy atom. The minimum absolute atomic E-state index is 0.249. The molecule has 1 fully saturated rings. The van der Waals surface area contributed by atoms with Crippen molar-refractivity contribution in [1.29, 1.82) is 0 Å². The van der Waals surface area contributed by atoms with Gasteiger partial charge in [-0.3, -0.25) is 4.57 Å². The number of anilines is 2. The first-order valence-electron chi connectivity index (χ1n) is 7.04. The van der Waals surface area contributed by atoms with E-state index in [1.807, 2.05) is 0 Å². The molecule has 2 aromatic heterocycles. The van der Waals surface area contributed by atoms with E-state index >= 15 is 0 Å². The molecule has 0 aromatic carbocycles. The Bertz CT molecular complexity index is 566. The largest absolute Gasteiger partial charge is 0.368 e. The summed E-state index contributed by atoms with van der Waals surface area (Å²) in [5, 5.41) is 0. The predicted octanol–water partition coefficient (Wildman–Crippen LogP) is 1.41. The number of hydrogen-bond donors (Lipinski definition) is 1. The van der Waals surface area contributed by atoms with Gasteiger partial charge in [-0.2, -0.15) is 15.0 Å². The van der Waals surface area contributed by atoms with Gasteiger partial charge in [-0.05, 0) is 25.7 Å². The van der Waals surface area contributed by atoms with Crippen LogP contribution in [0.15, 0.2) is 18.7 Å². The Morgan fingerprint density at radius 3 is 2.85 bits per heavy atom. The first kappa shape index (κ1) is 12.8. The Balaban J connectivity index is 1.96. The van der Waals surface area contributed by atoms with Crippen molar-refractivity contribution < 1.29 is 0 Å². The third kappa shape index (κ3) is 2.43. The molecule has 0 radical (unpaired) electrons. The van der Waals surface area contributed by atoms with Crippen LogP contribution in [0, 0.1) is 0 Å². The monoisotopic (exact) mass is 273 g/mol. The number of nitrogen functional groups attached to an aromatic ring is 1. The van der Waals surface area contributed by atoms with Crippen LogP contribution in [0.3, 0.4) is 0 Å². The number of nitrogens with zero attached hydrogens (tertiary/aromatic N) is 6. The molecule has 0 aliphatic carbocycles. The van der Waals surface area contributed by atoms with Crippen LogP contribution < -0.4 is 10.6 Å². The summed E-state index contributed by atoms with van der Waals surface area (Å²) >= 11 is 0. The second kappa shape index (κ2) is 5.44. The highest BCUT2D eigenvalue weighted by Crippen LogP contribution is 2.24. The number of aromatic nitrogens is 5. The van der Waals surface area contributed by atoms with Crippen molar-refractivity contribution in [2.24, 2.45) is 0 Å². The Labute approximate surface area is 117 Å². The van der Waals surface area contributed by atoms with Crippen molar-refractivity contribution in [2.75, 3.05) is 17.2 Å². The van der Waals surface area contributed by atoms with E-state index < -0.39 is 0 Å². The average molecular weight is 273 g/mol. The molecule has 0 amide bonds. The highest BCUT2D eigenvalue weighted by Gasteiger charge is 2.24. The molecule has 1 unspecified atom stereocenters. The Morgan fingerprint density at radius 2 is 2.10 bits per heavy atom. The van der Waals surface area contributed by atoms with Crippen LogP contribution in [0.2, 0.25) is 0 Å². The van der Waals surface area contributed by atoms with Crippen molar-refractivity contribution >= 4 is 11.9 Å². The molecule has 106 valence electrons. The van der Waals surface area contributed by atoms with Gasteiger partial charge in [-0.25, -0.2) is 4.98 Å². The third-order valence-electron chi connectivity index (χ3n) is 3.72. The van der Waals surface area contributed by atoms with Gasteiger partial charge in [0, 0.05) is 25.0 Å². The minimum Gasteiger partial charge on any atom is -0.368 e. The molecule has 2 aromatic rings. The molecule has 0 bridgehead atoms. The lowest BCUT2D eigenvalue weighted by Gasteiger charge is -2.35. The van der Waals surface area contributed by atoms with Crippen molar-refractivity contribution in [1.82, 2.24) is 24.5 Å². The van der Waals surface area contributed by atoms with Crippen molar-refractivity contribution in [3.05, 3.63) is 18.7 Å². The second-order valence-electron chi connectivity index (χ2n) is 5.01. The van der Waals surface area contributed by atoms with Gasteiger partial charge in [0.15, 0.2) is 0 Å². The highest BCUT2D eigenvalue weighted by atomic mass is 15.3. The van der Waals surface area contributed by atoms with Crippen LogP contribution >= 0.6 is 0 Å². The van der Waals surface area contributed by atoms with Gasteiger partial charge < -0.3 is 10.6 Å². The SMILES string of the molecule is CCC1CCCCN1c1nc(N)nc(-n2ccnc2)n1. The summed E-state index contributed by atoms with van der Waals surface area (Å²) in [6, 6.07) is 0.487. The molecule has 3 heterocycles. The van der Waals surface area contributed by atoms with Crippen molar-refractivity contribution in [3.63, 3.8) is 0 Å². The van der Waals surface area contributed by atoms with Gasteiger partial charge >= 0.3 is 0 Å². The van der Waals surface area contributed by atoms with Crippen LogP contribution in [-0.2, 0) is 0 Å². The smallest absolute Gasteiger partial charge is 0.241 e. The van der Waals surface area contributed by atoms with Gasteiger partial charge in [0.1, 0.15) is 6.33 Å². The highest BCUT2D eigenvalue weighted by molar-refractivity contribution is 5.39. The summed E-state index contributed by atoms with van der Waals surface area (Å²) in [5.41, 5.74) is 5.84. The molecular formula is C13H19N7. The predicted molar refractivity (Wildman–Crippen MR) is 76.6 cm³/mol. The van der Waals surface area contributed by atoms with E-state index in [0.29, 0.717) is 17.9 Å². The lowest BCUT2D eigenvalue weighted by atomic mass is 10.0. The fourth-order valence-electron chi connectivity index (χ4n) is 2.68. The Hall–Kier alpha value is -2.18. The average Bonchev–Trinajstić information content (AvgIpc) is 3.01. The first-order chi connectivity index (χ1) is 9.78. The maximum atomic E-state index is 5.84. The van der Waals surface area contributed by atoms with E-state index in [9.17, 15) is 0 Å². The van der Waals surface area contributed by atoms with Gasteiger partial charge in [0.2, 0.25) is 17.8 Å². The molecule has 1 atom stereocenters. The third-order valence-corrected chi connectivity index (χ3v) is 3.72. The van der Waals surface area contributed by atoms with Crippen LogP contribution in [-0.4, -0.2) is 37.1 Å². The topological polar surface area (TPSA) is 85.8 Å². The van der Waals surface area contributed by atoms with Crippen molar-refractivity contribution in [3.8, 4) is 5.95 Å². The zero-order valence-electron chi connectivity index (χ0n) is 11.6. The Kier molecular flexibility index (Phi) is 3.49. The first-order valence-corrected chi connectivity index (χ1v) is 7.04. The van der Waals surface area contributed by atoms with E-state index in [4.69, 9.17) is 5.73 Å². The van der Waals surface area contributed by atoms with Gasteiger partial charge in [-0.1, -0.05) is 6.92 Å². The van der Waals surface area contributed by atoms with Crippen molar-refractivity contribution in [2.45, 2.75) is 38.6 Å². The van der Waals surface area contributed by atoms with Crippen LogP contribution in [0.25, 0.3) is 5.95 Å². The lowest BCUT2D eigenvalue weighted by molar-refractivity contribution is 0.442.